The van der Waals surface area contributed by atoms with Crippen molar-refractivity contribution in [1.29, 1.82) is 0 Å². The van der Waals surface area contributed by atoms with Crippen molar-refractivity contribution in [3.63, 3.8) is 0 Å². The fraction of sp³-hybridized carbons (Fsp3) is 0.250. The molecule has 0 bridgehead atoms. The number of nitrogens with one attached hydrogen (secondary N) is 1. The van der Waals surface area contributed by atoms with Gasteiger partial charge in [0.15, 0.2) is 6.04 Å². The van der Waals surface area contributed by atoms with Crippen LogP contribution in [0.15, 0.2) is 42.7 Å². The van der Waals surface area contributed by atoms with Gasteiger partial charge in [0.05, 0.1) is 19.9 Å². The highest BCUT2D eigenvalue weighted by Gasteiger charge is 2.24. The van der Waals surface area contributed by atoms with Crippen molar-refractivity contribution >= 4 is 11.7 Å². The van der Waals surface area contributed by atoms with Gasteiger partial charge in [-0.3, -0.25) is 4.98 Å². The molecule has 0 aliphatic carbocycles. The number of anilines is 1. The average molecular weight is 286 g/mol. The third-order valence-corrected chi connectivity index (χ3v) is 3.23. The number of methoxy groups -OCH3 is 2. The van der Waals surface area contributed by atoms with Gasteiger partial charge in [-0.15, -0.1) is 0 Å². The van der Waals surface area contributed by atoms with Crippen LogP contribution < -0.4 is 10.1 Å². The van der Waals surface area contributed by atoms with E-state index in [1.807, 2.05) is 37.3 Å². The molecule has 0 saturated carbocycles. The van der Waals surface area contributed by atoms with Gasteiger partial charge in [0.25, 0.3) is 0 Å². The fourth-order valence-corrected chi connectivity index (χ4v) is 2.08. The van der Waals surface area contributed by atoms with E-state index >= 15 is 0 Å². The van der Waals surface area contributed by atoms with E-state index in [2.05, 4.69) is 10.3 Å². The zero-order chi connectivity index (χ0) is 15.2. The molecule has 1 aromatic carbocycles. The van der Waals surface area contributed by atoms with Crippen LogP contribution in [0.1, 0.15) is 17.2 Å². The molecule has 2 rings (SSSR count). The van der Waals surface area contributed by atoms with Crippen LogP contribution in [0.4, 0.5) is 5.69 Å². The minimum Gasteiger partial charge on any atom is -0.495 e. The highest BCUT2D eigenvalue weighted by molar-refractivity contribution is 5.82. The number of carbonyl (C=O) groups excluding carboxylic acids is 1. The monoisotopic (exact) mass is 286 g/mol. The number of hydrogen-bond donors (Lipinski definition) is 1. The van der Waals surface area contributed by atoms with E-state index in [1.165, 1.54) is 7.11 Å². The van der Waals surface area contributed by atoms with Crippen molar-refractivity contribution in [1.82, 2.24) is 4.98 Å². The Kier molecular flexibility index (Phi) is 4.77. The first-order chi connectivity index (χ1) is 10.2. The van der Waals surface area contributed by atoms with Crippen molar-refractivity contribution in [2.75, 3.05) is 19.5 Å². The first-order valence-electron chi connectivity index (χ1n) is 6.55. The fourth-order valence-electron chi connectivity index (χ4n) is 2.08. The Bertz CT molecular complexity index is 628. The molecular weight excluding hydrogens is 268 g/mol. The maximum atomic E-state index is 12.1. The third kappa shape index (κ3) is 3.31. The zero-order valence-electron chi connectivity index (χ0n) is 12.3. The van der Waals surface area contributed by atoms with Crippen LogP contribution >= 0.6 is 0 Å². The molecule has 5 heteroatoms. The predicted molar refractivity (Wildman–Crippen MR) is 80.3 cm³/mol. The summed E-state index contributed by atoms with van der Waals surface area (Å²) in [5, 5.41) is 3.17. The number of rotatable bonds is 5. The molecule has 0 radical (unpaired) electrons. The van der Waals surface area contributed by atoms with Crippen LogP contribution in [0.25, 0.3) is 0 Å². The van der Waals surface area contributed by atoms with Gasteiger partial charge in [-0.2, -0.15) is 0 Å². The van der Waals surface area contributed by atoms with E-state index < -0.39 is 6.04 Å². The summed E-state index contributed by atoms with van der Waals surface area (Å²) in [6.45, 7) is 1.93. The summed E-state index contributed by atoms with van der Waals surface area (Å²) in [7, 11) is 2.95. The number of benzene rings is 1. The Hall–Kier alpha value is -2.56. The standard InChI is InChI=1S/C16H18N2O3/c1-11-8-9-17-10-12(11)15(16(19)21-3)18-13-6-4-5-7-14(13)20-2/h4-10,15,18H,1-3H3. The molecule has 0 fully saturated rings. The zero-order valence-corrected chi connectivity index (χ0v) is 12.3. The van der Waals surface area contributed by atoms with Crippen molar-refractivity contribution < 1.29 is 14.3 Å². The van der Waals surface area contributed by atoms with Gasteiger partial charge in [-0.1, -0.05) is 12.1 Å². The lowest BCUT2D eigenvalue weighted by Gasteiger charge is -2.20. The molecule has 1 heterocycles. The molecule has 2 aromatic rings. The molecule has 0 aliphatic heterocycles. The summed E-state index contributed by atoms with van der Waals surface area (Å²) in [5.74, 6) is 0.282. The van der Waals surface area contributed by atoms with Gasteiger partial charge in [0, 0.05) is 18.0 Å². The van der Waals surface area contributed by atoms with Crippen molar-refractivity contribution in [3.8, 4) is 5.75 Å². The van der Waals surface area contributed by atoms with E-state index in [9.17, 15) is 4.79 Å². The van der Waals surface area contributed by atoms with E-state index in [0.717, 1.165) is 16.8 Å². The van der Waals surface area contributed by atoms with Crippen molar-refractivity contribution in [2.45, 2.75) is 13.0 Å². The Morgan fingerprint density at radius 3 is 2.67 bits per heavy atom. The molecule has 1 aromatic heterocycles. The number of para-hydroxylation sites is 2. The highest BCUT2D eigenvalue weighted by atomic mass is 16.5. The summed E-state index contributed by atoms with van der Waals surface area (Å²) in [4.78, 5) is 16.2. The lowest BCUT2D eigenvalue weighted by molar-refractivity contribution is -0.141. The summed E-state index contributed by atoms with van der Waals surface area (Å²) in [6, 6.07) is 8.63. The van der Waals surface area contributed by atoms with Crippen LogP contribution in [0.2, 0.25) is 0 Å². The van der Waals surface area contributed by atoms with E-state index in [0.29, 0.717) is 5.75 Å². The summed E-state index contributed by atoms with van der Waals surface area (Å²) < 4.78 is 10.2. The quantitative estimate of drug-likeness (QED) is 0.856. The minimum atomic E-state index is -0.639. The first-order valence-corrected chi connectivity index (χ1v) is 6.55. The van der Waals surface area contributed by atoms with Crippen molar-refractivity contribution in [3.05, 3.63) is 53.9 Å². The number of ether oxygens (including phenoxy) is 2. The third-order valence-electron chi connectivity index (χ3n) is 3.23. The predicted octanol–water partition coefficient (Wildman–Crippen LogP) is 2.72. The van der Waals surface area contributed by atoms with Gasteiger partial charge in [-0.05, 0) is 30.7 Å². The summed E-state index contributed by atoms with van der Waals surface area (Å²) in [6.07, 6.45) is 3.36. The van der Waals surface area contributed by atoms with E-state index in [1.54, 1.807) is 19.5 Å². The average Bonchev–Trinajstić information content (AvgIpc) is 2.53. The molecule has 21 heavy (non-hydrogen) atoms. The van der Waals surface area contributed by atoms with Crippen molar-refractivity contribution in [2.24, 2.45) is 0 Å². The second-order valence-corrected chi connectivity index (χ2v) is 4.53. The largest absolute Gasteiger partial charge is 0.495 e. The maximum absolute atomic E-state index is 12.1. The highest BCUT2D eigenvalue weighted by Crippen LogP contribution is 2.29. The molecule has 1 N–H and O–H groups in total. The molecule has 1 atom stereocenters. The first kappa shape index (κ1) is 14.8. The maximum Gasteiger partial charge on any atom is 0.333 e. The smallest absolute Gasteiger partial charge is 0.333 e. The second kappa shape index (κ2) is 6.74. The molecule has 0 amide bonds. The number of aromatic nitrogens is 1. The number of carbonyl (C=O) groups is 1. The van der Waals surface area contributed by atoms with Gasteiger partial charge in [-0.25, -0.2) is 4.79 Å². The number of pyridine rings is 1. The molecule has 5 nitrogen and oxygen atoms in total. The normalized spacial score (nSPS) is 11.6. The molecule has 0 aliphatic rings. The molecule has 110 valence electrons. The van der Waals surface area contributed by atoms with Crippen LogP contribution in [0, 0.1) is 6.92 Å². The Balaban J connectivity index is 2.38. The topological polar surface area (TPSA) is 60.5 Å². The molecule has 0 spiro atoms. The van der Waals surface area contributed by atoms with E-state index in [4.69, 9.17) is 9.47 Å². The van der Waals surface area contributed by atoms with Gasteiger partial charge < -0.3 is 14.8 Å². The van der Waals surface area contributed by atoms with E-state index in [-0.39, 0.29) is 5.97 Å². The molecule has 0 saturated heterocycles. The SMILES string of the molecule is COC(=O)C(Nc1ccccc1OC)c1cnccc1C. The number of nitrogens with zero attached hydrogens (tertiary/aromatic N) is 1. The summed E-state index contributed by atoms with van der Waals surface area (Å²) in [5.41, 5.74) is 2.46. The molecular formula is C16H18N2O3. The van der Waals surface area contributed by atoms with Crippen LogP contribution in [-0.4, -0.2) is 25.2 Å². The van der Waals surface area contributed by atoms with Gasteiger partial charge in [0.1, 0.15) is 5.75 Å². The Morgan fingerprint density at radius 1 is 1.24 bits per heavy atom. The van der Waals surface area contributed by atoms with Crippen LogP contribution in [0.5, 0.6) is 5.75 Å². The molecule has 1 unspecified atom stereocenters. The lowest BCUT2D eigenvalue weighted by atomic mass is 10.0. The second-order valence-electron chi connectivity index (χ2n) is 4.53. The Morgan fingerprint density at radius 2 is 2.00 bits per heavy atom. The lowest BCUT2D eigenvalue weighted by Crippen LogP contribution is -2.23. The van der Waals surface area contributed by atoms with Crippen LogP contribution in [-0.2, 0) is 9.53 Å². The number of aryl methyl sites for hydroxylation is 1. The number of esters is 1. The minimum absolute atomic E-state index is 0.378. The summed E-state index contributed by atoms with van der Waals surface area (Å²) >= 11 is 0. The van der Waals surface area contributed by atoms with Gasteiger partial charge in [0.2, 0.25) is 0 Å². The number of hydrogen-bond acceptors (Lipinski definition) is 5. The van der Waals surface area contributed by atoms with Crippen LogP contribution in [0.3, 0.4) is 0 Å². The van der Waals surface area contributed by atoms with Gasteiger partial charge >= 0.3 is 5.97 Å². The Labute approximate surface area is 123 Å².